The first-order valence-electron chi connectivity index (χ1n) is 10.1. The Kier molecular flexibility index (Phi) is 8.65. The lowest BCUT2D eigenvalue weighted by Gasteiger charge is -2.17. The van der Waals surface area contributed by atoms with Crippen LogP contribution < -0.4 is 10.6 Å². The standard InChI is InChI=1S/C23H24ClN5O3S/c1-3-11-29-21(19(13-30)26-22(32)16-7-5-4-6-8-16)27-28-23(29)33-14-20(31)25-18-10-9-17(24)12-15(18)2/h3-10,12,19,30H,1,11,13-14H2,2H3,(H,25,31)(H,26,32)/t19-/m1/s1. The molecule has 172 valence electrons. The molecule has 0 bridgehead atoms. The van der Waals surface area contributed by atoms with Crippen LogP contribution in [0.2, 0.25) is 5.02 Å². The molecule has 33 heavy (non-hydrogen) atoms. The number of nitrogens with zero attached hydrogens (tertiary/aromatic N) is 3. The molecule has 10 heteroatoms. The van der Waals surface area contributed by atoms with Gasteiger partial charge in [0.25, 0.3) is 5.91 Å². The van der Waals surface area contributed by atoms with Crippen LogP contribution in [0.3, 0.4) is 0 Å². The van der Waals surface area contributed by atoms with Crippen LogP contribution in [0.15, 0.2) is 66.3 Å². The summed E-state index contributed by atoms with van der Waals surface area (Å²) in [5.74, 6) is -0.0820. The van der Waals surface area contributed by atoms with Crippen molar-refractivity contribution in [2.75, 3.05) is 17.7 Å². The molecular weight excluding hydrogens is 462 g/mol. The number of aryl methyl sites for hydroxylation is 1. The molecule has 8 nitrogen and oxygen atoms in total. The largest absolute Gasteiger partial charge is 0.394 e. The molecule has 3 N–H and O–H groups in total. The van der Waals surface area contributed by atoms with E-state index < -0.39 is 6.04 Å². The molecule has 0 radical (unpaired) electrons. The SMILES string of the molecule is C=CCn1c(SCC(=O)Nc2ccc(Cl)cc2C)nnc1[C@@H](CO)NC(=O)c1ccccc1. The van der Waals surface area contributed by atoms with Gasteiger partial charge in [0.05, 0.1) is 12.4 Å². The Morgan fingerprint density at radius 3 is 2.67 bits per heavy atom. The van der Waals surface area contributed by atoms with Crippen LogP contribution in [0.25, 0.3) is 0 Å². The first-order chi connectivity index (χ1) is 15.9. The molecule has 0 fully saturated rings. The number of aromatic nitrogens is 3. The minimum atomic E-state index is -0.773. The molecular formula is C23H24ClN5O3S. The summed E-state index contributed by atoms with van der Waals surface area (Å²) in [7, 11) is 0. The molecule has 0 unspecified atom stereocenters. The van der Waals surface area contributed by atoms with E-state index in [9.17, 15) is 14.7 Å². The number of anilines is 1. The van der Waals surface area contributed by atoms with Crippen LogP contribution in [0.4, 0.5) is 5.69 Å². The summed E-state index contributed by atoms with van der Waals surface area (Å²) in [6.07, 6.45) is 1.65. The van der Waals surface area contributed by atoms with E-state index in [1.165, 1.54) is 11.8 Å². The average Bonchev–Trinajstić information content (AvgIpc) is 3.21. The second-order valence-electron chi connectivity index (χ2n) is 7.11. The van der Waals surface area contributed by atoms with E-state index in [0.29, 0.717) is 33.8 Å². The number of hydrogen-bond donors (Lipinski definition) is 3. The third-order valence-corrected chi connectivity index (χ3v) is 5.89. The van der Waals surface area contributed by atoms with Crippen LogP contribution in [0.5, 0.6) is 0 Å². The zero-order chi connectivity index (χ0) is 23.8. The highest BCUT2D eigenvalue weighted by Crippen LogP contribution is 2.23. The normalized spacial score (nSPS) is 11.6. The number of thioether (sulfide) groups is 1. The van der Waals surface area contributed by atoms with Crippen molar-refractivity contribution in [2.24, 2.45) is 0 Å². The molecule has 1 heterocycles. The summed E-state index contributed by atoms with van der Waals surface area (Å²) < 4.78 is 1.71. The fourth-order valence-electron chi connectivity index (χ4n) is 3.07. The second-order valence-corrected chi connectivity index (χ2v) is 8.49. The van der Waals surface area contributed by atoms with Crippen molar-refractivity contribution in [3.63, 3.8) is 0 Å². The van der Waals surface area contributed by atoms with E-state index in [2.05, 4.69) is 27.4 Å². The lowest BCUT2D eigenvalue weighted by molar-refractivity contribution is -0.113. The fourth-order valence-corrected chi connectivity index (χ4v) is 4.05. The van der Waals surface area contributed by atoms with Gasteiger partial charge in [-0.2, -0.15) is 0 Å². The Bertz CT molecular complexity index is 1140. The third kappa shape index (κ3) is 6.44. The summed E-state index contributed by atoms with van der Waals surface area (Å²) in [4.78, 5) is 25.0. The summed E-state index contributed by atoms with van der Waals surface area (Å²) in [5, 5.41) is 24.9. The first-order valence-corrected chi connectivity index (χ1v) is 11.5. The monoisotopic (exact) mass is 485 g/mol. The zero-order valence-corrected chi connectivity index (χ0v) is 19.6. The molecule has 0 saturated carbocycles. The van der Waals surface area contributed by atoms with Crippen molar-refractivity contribution in [3.05, 3.63) is 83.2 Å². The number of aliphatic hydroxyl groups is 1. The molecule has 3 rings (SSSR count). The Morgan fingerprint density at radius 2 is 2.00 bits per heavy atom. The summed E-state index contributed by atoms with van der Waals surface area (Å²) in [6.45, 7) is 5.60. The number of nitrogens with one attached hydrogen (secondary N) is 2. The van der Waals surface area contributed by atoms with Crippen molar-refractivity contribution in [1.82, 2.24) is 20.1 Å². The molecule has 2 amide bonds. The molecule has 2 aromatic carbocycles. The van der Waals surface area contributed by atoms with Crippen molar-refractivity contribution in [3.8, 4) is 0 Å². The maximum atomic E-state index is 12.5. The minimum Gasteiger partial charge on any atom is -0.394 e. The molecule has 1 atom stereocenters. The number of allylic oxidation sites excluding steroid dienone is 1. The molecule has 0 saturated heterocycles. The number of carbonyl (C=O) groups excluding carboxylic acids is 2. The lowest BCUT2D eigenvalue weighted by atomic mass is 10.2. The highest BCUT2D eigenvalue weighted by atomic mass is 35.5. The predicted octanol–water partition coefficient (Wildman–Crippen LogP) is 3.62. The van der Waals surface area contributed by atoms with Crippen LogP contribution in [0.1, 0.15) is 27.8 Å². The van der Waals surface area contributed by atoms with Gasteiger partial charge in [-0.15, -0.1) is 16.8 Å². The van der Waals surface area contributed by atoms with Crippen LogP contribution in [-0.2, 0) is 11.3 Å². The molecule has 0 aliphatic carbocycles. The highest BCUT2D eigenvalue weighted by molar-refractivity contribution is 7.99. The van der Waals surface area contributed by atoms with E-state index in [0.717, 1.165) is 5.56 Å². The number of aliphatic hydroxyl groups excluding tert-OH is 1. The quantitative estimate of drug-likeness (QED) is 0.299. The Hall–Kier alpha value is -3.14. The van der Waals surface area contributed by atoms with Gasteiger partial charge in [0, 0.05) is 22.8 Å². The van der Waals surface area contributed by atoms with E-state index >= 15 is 0 Å². The molecule has 0 aliphatic rings. The molecule has 1 aromatic heterocycles. The lowest BCUT2D eigenvalue weighted by Crippen LogP contribution is -2.33. The Labute approximate surface area is 201 Å². The van der Waals surface area contributed by atoms with Gasteiger partial charge in [0.2, 0.25) is 5.91 Å². The zero-order valence-electron chi connectivity index (χ0n) is 18.0. The molecule has 3 aromatic rings. The smallest absolute Gasteiger partial charge is 0.251 e. The van der Waals surface area contributed by atoms with Gasteiger partial charge in [0.15, 0.2) is 11.0 Å². The van der Waals surface area contributed by atoms with Crippen molar-refractivity contribution in [1.29, 1.82) is 0 Å². The average molecular weight is 486 g/mol. The number of rotatable bonds is 10. The fraction of sp³-hybridized carbons (Fsp3) is 0.217. The van der Waals surface area contributed by atoms with Crippen molar-refractivity contribution in [2.45, 2.75) is 24.7 Å². The van der Waals surface area contributed by atoms with E-state index in [1.807, 2.05) is 13.0 Å². The van der Waals surface area contributed by atoms with Gasteiger partial charge < -0.3 is 20.3 Å². The second kappa shape index (κ2) is 11.6. The Balaban J connectivity index is 1.70. The number of amides is 2. The molecule has 0 aliphatic heterocycles. The van der Waals surface area contributed by atoms with Crippen LogP contribution in [-0.4, -0.2) is 44.0 Å². The van der Waals surface area contributed by atoms with Gasteiger partial charge in [0.1, 0.15) is 6.04 Å². The maximum absolute atomic E-state index is 12.5. The first kappa shape index (κ1) is 24.5. The van der Waals surface area contributed by atoms with Crippen LogP contribution in [0, 0.1) is 6.92 Å². The van der Waals surface area contributed by atoms with E-state index in [4.69, 9.17) is 11.6 Å². The number of carbonyl (C=O) groups is 2. The predicted molar refractivity (Wildman–Crippen MR) is 129 cm³/mol. The topological polar surface area (TPSA) is 109 Å². The Morgan fingerprint density at radius 1 is 1.24 bits per heavy atom. The highest BCUT2D eigenvalue weighted by Gasteiger charge is 2.23. The number of benzene rings is 2. The number of halogens is 1. The van der Waals surface area contributed by atoms with E-state index in [1.54, 1.807) is 53.1 Å². The van der Waals surface area contributed by atoms with Gasteiger partial charge >= 0.3 is 0 Å². The van der Waals surface area contributed by atoms with Gasteiger partial charge in [-0.1, -0.05) is 47.6 Å². The molecule has 0 spiro atoms. The van der Waals surface area contributed by atoms with E-state index in [-0.39, 0.29) is 24.2 Å². The third-order valence-electron chi connectivity index (χ3n) is 4.69. The van der Waals surface area contributed by atoms with Gasteiger partial charge in [-0.3, -0.25) is 9.59 Å². The minimum absolute atomic E-state index is 0.0948. The maximum Gasteiger partial charge on any atom is 0.251 e. The van der Waals surface area contributed by atoms with Crippen molar-refractivity contribution < 1.29 is 14.7 Å². The number of hydrogen-bond acceptors (Lipinski definition) is 6. The van der Waals surface area contributed by atoms with Gasteiger partial charge in [-0.25, -0.2) is 0 Å². The van der Waals surface area contributed by atoms with Gasteiger partial charge in [-0.05, 0) is 42.8 Å². The van der Waals surface area contributed by atoms with Crippen LogP contribution >= 0.6 is 23.4 Å². The summed E-state index contributed by atoms with van der Waals surface area (Å²) in [5.41, 5.74) is 2.01. The summed E-state index contributed by atoms with van der Waals surface area (Å²) in [6, 6.07) is 13.2. The summed E-state index contributed by atoms with van der Waals surface area (Å²) >= 11 is 7.16. The van der Waals surface area contributed by atoms with Crippen molar-refractivity contribution >= 4 is 40.9 Å².